The molecule has 35 heavy (non-hydrogen) atoms. The van der Waals surface area contributed by atoms with Crippen LogP contribution in [0.15, 0.2) is 48.5 Å². The van der Waals surface area contributed by atoms with Gasteiger partial charge in [0.2, 0.25) is 5.91 Å². The molecule has 0 radical (unpaired) electrons. The number of carboxylic acid groups (broad SMARTS) is 1. The van der Waals surface area contributed by atoms with Crippen molar-refractivity contribution in [3.05, 3.63) is 59.7 Å². The molecule has 8 heteroatoms. The van der Waals surface area contributed by atoms with Crippen LogP contribution in [0.5, 0.6) is 0 Å². The Bertz CT molecular complexity index is 992. The van der Waals surface area contributed by atoms with E-state index in [1.807, 2.05) is 24.3 Å². The standard InChI is InChI=1S/C27H34N2O6/c1-17(2)18(11-12-25(31)29-15-24(30)26(32)33)13-14-28-27(34)35-16-23-21-9-5-3-7-19(21)20-8-4-6-10-22(20)23/h3-10,17-18,23-24,30H,11-16H2,1-2H3,(H,28,34)(H,29,31)(H,32,33). The maximum atomic E-state index is 12.4. The lowest BCUT2D eigenvalue weighted by Gasteiger charge is -2.21. The Morgan fingerprint density at radius 2 is 1.54 bits per heavy atom. The lowest BCUT2D eigenvalue weighted by Crippen LogP contribution is -2.36. The van der Waals surface area contributed by atoms with Gasteiger partial charge in [0.1, 0.15) is 6.61 Å². The number of carboxylic acids is 1. The number of alkyl carbamates (subject to hydrolysis) is 1. The van der Waals surface area contributed by atoms with E-state index in [4.69, 9.17) is 9.84 Å². The zero-order valence-corrected chi connectivity index (χ0v) is 20.2. The minimum Gasteiger partial charge on any atom is -0.479 e. The van der Waals surface area contributed by atoms with Gasteiger partial charge in [-0.15, -0.1) is 0 Å². The van der Waals surface area contributed by atoms with E-state index in [0.717, 1.165) is 11.1 Å². The maximum absolute atomic E-state index is 12.4. The molecule has 2 aromatic rings. The van der Waals surface area contributed by atoms with E-state index in [1.165, 1.54) is 11.1 Å². The van der Waals surface area contributed by atoms with Gasteiger partial charge < -0.3 is 25.6 Å². The Balaban J connectivity index is 1.42. The summed E-state index contributed by atoms with van der Waals surface area (Å²) in [7, 11) is 0. The van der Waals surface area contributed by atoms with Gasteiger partial charge in [-0.1, -0.05) is 62.4 Å². The number of benzene rings is 2. The van der Waals surface area contributed by atoms with Crippen molar-refractivity contribution in [1.82, 2.24) is 10.6 Å². The fraction of sp³-hybridized carbons (Fsp3) is 0.444. The third-order valence-corrected chi connectivity index (χ3v) is 6.59. The van der Waals surface area contributed by atoms with Gasteiger partial charge in [-0.2, -0.15) is 0 Å². The lowest BCUT2D eigenvalue weighted by molar-refractivity contribution is -0.146. The van der Waals surface area contributed by atoms with Crippen LogP contribution in [-0.2, 0) is 14.3 Å². The molecular weight excluding hydrogens is 448 g/mol. The molecule has 2 aromatic carbocycles. The molecule has 188 valence electrons. The van der Waals surface area contributed by atoms with Crippen LogP contribution in [0.1, 0.15) is 50.2 Å². The van der Waals surface area contributed by atoms with E-state index in [1.54, 1.807) is 0 Å². The summed E-state index contributed by atoms with van der Waals surface area (Å²) < 4.78 is 5.57. The Morgan fingerprint density at radius 3 is 2.11 bits per heavy atom. The van der Waals surface area contributed by atoms with Gasteiger partial charge in [-0.3, -0.25) is 4.79 Å². The first-order valence-electron chi connectivity index (χ1n) is 12.0. The van der Waals surface area contributed by atoms with Gasteiger partial charge in [0, 0.05) is 18.9 Å². The molecular formula is C27H34N2O6. The second kappa shape index (κ2) is 12.4. The van der Waals surface area contributed by atoms with Crippen LogP contribution >= 0.6 is 0 Å². The van der Waals surface area contributed by atoms with Gasteiger partial charge in [0.25, 0.3) is 0 Å². The molecule has 0 fully saturated rings. The van der Waals surface area contributed by atoms with E-state index < -0.39 is 18.2 Å². The van der Waals surface area contributed by atoms with Crippen molar-refractivity contribution in [2.24, 2.45) is 11.8 Å². The zero-order chi connectivity index (χ0) is 25.4. The molecule has 0 saturated carbocycles. The predicted octanol–water partition coefficient (Wildman–Crippen LogP) is 3.53. The molecule has 1 aliphatic carbocycles. The summed E-state index contributed by atoms with van der Waals surface area (Å²) >= 11 is 0. The van der Waals surface area contributed by atoms with E-state index in [0.29, 0.717) is 25.3 Å². The first-order valence-corrected chi connectivity index (χ1v) is 12.0. The Hall–Kier alpha value is -3.39. The van der Waals surface area contributed by atoms with Crippen molar-refractivity contribution >= 4 is 18.0 Å². The van der Waals surface area contributed by atoms with Crippen LogP contribution in [-0.4, -0.2) is 54.0 Å². The van der Waals surface area contributed by atoms with Crippen LogP contribution in [0.3, 0.4) is 0 Å². The molecule has 0 heterocycles. The molecule has 4 N–H and O–H groups in total. The van der Waals surface area contributed by atoms with Crippen LogP contribution in [0.2, 0.25) is 0 Å². The fourth-order valence-electron chi connectivity index (χ4n) is 4.52. The maximum Gasteiger partial charge on any atom is 0.407 e. The van der Waals surface area contributed by atoms with Gasteiger partial charge >= 0.3 is 12.1 Å². The number of carbonyl (C=O) groups is 3. The number of aliphatic hydroxyl groups is 1. The molecule has 1 aliphatic rings. The number of aliphatic hydroxyl groups excluding tert-OH is 1. The number of ether oxygens (including phenoxy) is 1. The van der Waals surface area contributed by atoms with E-state index in [2.05, 4.69) is 48.7 Å². The molecule has 8 nitrogen and oxygen atoms in total. The van der Waals surface area contributed by atoms with Crippen LogP contribution in [0.4, 0.5) is 4.79 Å². The summed E-state index contributed by atoms with van der Waals surface area (Å²) in [5.41, 5.74) is 4.68. The number of rotatable bonds is 12. The van der Waals surface area contributed by atoms with Crippen molar-refractivity contribution in [3.8, 4) is 11.1 Å². The highest BCUT2D eigenvalue weighted by atomic mass is 16.5. The van der Waals surface area contributed by atoms with Gasteiger partial charge in [0.15, 0.2) is 6.10 Å². The molecule has 2 amide bonds. The highest BCUT2D eigenvalue weighted by Gasteiger charge is 2.29. The van der Waals surface area contributed by atoms with Crippen molar-refractivity contribution in [2.75, 3.05) is 19.7 Å². The second-order valence-electron chi connectivity index (χ2n) is 9.24. The average Bonchev–Trinajstić information content (AvgIpc) is 3.16. The molecule has 0 spiro atoms. The monoisotopic (exact) mass is 482 g/mol. The van der Waals surface area contributed by atoms with Gasteiger partial charge in [0.05, 0.1) is 6.54 Å². The average molecular weight is 483 g/mol. The minimum atomic E-state index is -1.61. The summed E-state index contributed by atoms with van der Waals surface area (Å²) in [5, 5.41) is 23.2. The molecule has 3 rings (SSSR count). The van der Waals surface area contributed by atoms with Crippen LogP contribution < -0.4 is 10.6 Å². The third-order valence-electron chi connectivity index (χ3n) is 6.59. The van der Waals surface area contributed by atoms with E-state index in [-0.39, 0.29) is 37.3 Å². The lowest BCUT2D eigenvalue weighted by atomic mass is 9.88. The SMILES string of the molecule is CC(C)C(CCNC(=O)OCC1c2ccccc2-c2ccccc21)CCC(=O)NCC(O)C(=O)O. The van der Waals surface area contributed by atoms with Crippen molar-refractivity contribution in [2.45, 2.75) is 45.1 Å². The van der Waals surface area contributed by atoms with Crippen LogP contribution in [0.25, 0.3) is 11.1 Å². The Labute approximate surface area is 205 Å². The second-order valence-corrected chi connectivity index (χ2v) is 9.24. The van der Waals surface area contributed by atoms with Crippen molar-refractivity contribution < 1.29 is 29.3 Å². The normalized spacial score (nSPS) is 14.1. The molecule has 0 saturated heterocycles. The number of aliphatic carboxylic acids is 1. The smallest absolute Gasteiger partial charge is 0.407 e. The number of fused-ring (bicyclic) bond motifs is 3. The zero-order valence-electron chi connectivity index (χ0n) is 20.2. The first-order chi connectivity index (χ1) is 16.8. The van der Waals surface area contributed by atoms with E-state index >= 15 is 0 Å². The number of amides is 2. The Morgan fingerprint density at radius 1 is 0.943 bits per heavy atom. The highest BCUT2D eigenvalue weighted by Crippen LogP contribution is 2.44. The quantitative estimate of drug-likeness (QED) is 0.367. The number of hydrogen-bond donors (Lipinski definition) is 4. The molecule has 0 aliphatic heterocycles. The minimum absolute atomic E-state index is 0.00900. The molecule has 2 atom stereocenters. The van der Waals surface area contributed by atoms with Gasteiger partial charge in [-0.05, 0) is 46.9 Å². The molecule has 0 bridgehead atoms. The largest absolute Gasteiger partial charge is 0.479 e. The van der Waals surface area contributed by atoms with Crippen molar-refractivity contribution in [3.63, 3.8) is 0 Å². The number of carbonyl (C=O) groups excluding carboxylic acids is 2. The van der Waals surface area contributed by atoms with E-state index in [9.17, 15) is 19.5 Å². The summed E-state index contributed by atoms with van der Waals surface area (Å²) in [5.74, 6) is -1.17. The summed E-state index contributed by atoms with van der Waals surface area (Å²) in [6.45, 7) is 4.49. The summed E-state index contributed by atoms with van der Waals surface area (Å²) in [4.78, 5) is 35.0. The summed E-state index contributed by atoms with van der Waals surface area (Å²) in [6, 6.07) is 16.4. The third kappa shape index (κ3) is 7.05. The fourth-order valence-corrected chi connectivity index (χ4v) is 4.52. The summed E-state index contributed by atoms with van der Waals surface area (Å²) in [6.07, 6.45) is -0.567. The highest BCUT2D eigenvalue weighted by molar-refractivity contribution is 5.79. The van der Waals surface area contributed by atoms with Crippen molar-refractivity contribution in [1.29, 1.82) is 0 Å². The Kier molecular flexibility index (Phi) is 9.25. The first kappa shape index (κ1) is 26.2. The predicted molar refractivity (Wildman–Crippen MR) is 132 cm³/mol. The number of nitrogens with one attached hydrogen (secondary N) is 2. The molecule has 0 aromatic heterocycles. The van der Waals surface area contributed by atoms with Crippen LogP contribution in [0, 0.1) is 11.8 Å². The topological polar surface area (TPSA) is 125 Å². The van der Waals surface area contributed by atoms with Gasteiger partial charge in [-0.25, -0.2) is 9.59 Å². The number of hydrogen-bond acceptors (Lipinski definition) is 5. The molecule has 2 unspecified atom stereocenters.